The number of hydrogen-bond donors (Lipinski definition) is 0. The van der Waals surface area contributed by atoms with Gasteiger partial charge in [-0.2, -0.15) is 0 Å². The third-order valence-electron chi connectivity index (χ3n) is 3.81. The maximum atomic E-state index is 11.3. The number of carbonyl (C=O) groups is 1. The minimum atomic E-state index is -4.56. The predicted octanol–water partition coefficient (Wildman–Crippen LogP) is 2.04. The van der Waals surface area contributed by atoms with Crippen LogP contribution < -0.4 is 4.57 Å². The fourth-order valence-corrected chi connectivity index (χ4v) is 3.82. The highest BCUT2D eigenvalue weighted by atomic mass is 35.5. The summed E-state index contributed by atoms with van der Waals surface area (Å²) in [7, 11) is -4.56. The maximum absolute atomic E-state index is 11.3. The Hall–Kier alpha value is -1.35. The molecule has 10 heteroatoms. The molecule has 1 aromatic heterocycles. The Bertz CT molecular complexity index is 924. The fourth-order valence-electron chi connectivity index (χ4n) is 2.87. The van der Waals surface area contributed by atoms with Crippen molar-refractivity contribution >= 4 is 50.3 Å². The van der Waals surface area contributed by atoms with Gasteiger partial charge in [-0.3, -0.25) is 4.79 Å². The first-order chi connectivity index (χ1) is 11.5. The molecule has 0 aliphatic carbocycles. The Kier molecular flexibility index (Phi) is 5.98. The van der Waals surface area contributed by atoms with Gasteiger partial charge in [-0.1, -0.05) is 23.2 Å². The summed E-state index contributed by atoms with van der Waals surface area (Å²) >= 11 is 12.2. The zero-order chi connectivity index (χ0) is 18.9. The minimum Gasteiger partial charge on any atom is -0.748 e. The molecular weight excluding hydrogens is 391 g/mol. The number of halogens is 2. The number of hydrogen-bond acceptors (Lipinski definition) is 5. The van der Waals surface area contributed by atoms with Crippen molar-refractivity contribution in [1.82, 2.24) is 4.57 Å². The lowest BCUT2D eigenvalue weighted by Crippen LogP contribution is -2.45. The number of rotatable bonds is 6. The highest BCUT2D eigenvalue weighted by molar-refractivity contribution is 7.85. The number of carbonyl (C=O) groups excluding carboxylic acids is 1. The number of aromatic nitrogens is 2. The van der Waals surface area contributed by atoms with E-state index in [2.05, 4.69) is 0 Å². The molecule has 1 heterocycles. The van der Waals surface area contributed by atoms with Crippen molar-refractivity contribution in [3.05, 3.63) is 28.0 Å². The van der Waals surface area contributed by atoms with E-state index in [4.69, 9.17) is 27.9 Å². The molecule has 0 N–H and O–H groups in total. The molecule has 0 saturated heterocycles. The molecule has 7 nitrogen and oxygen atoms in total. The molecule has 0 amide bonds. The number of benzene rings is 1. The second-order valence-corrected chi connectivity index (χ2v) is 7.88. The molecule has 0 bridgehead atoms. The summed E-state index contributed by atoms with van der Waals surface area (Å²) in [6.07, 6.45) is -1.10. The van der Waals surface area contributed by atoms with Crippen molar-refractivity contribution in [2.24, 2.45) is 0 Å². The zero-order valence-corrected chi connectivity index (χ0v) is 16.3. The van der Waals surface area contributed by atoms with Crippen LogP contribution in [0.5, 0.6) is 0 Å². The lowest BCUT2D eigenvalue weighted by Gasteiger charge is -2.17. The van der Waals surface area contributed by atoms with Crippen molar-refractivity contribution in [3.8, 4) is 0 Å². The van der Waals surface area contributed by atoms with Gasteiger partial charge in [0.2, 0.25) is 0 Å². The van der Waals surface area contributed by atoms with Crippen LogP contribution in [-0.4, -0.2) is 35.4 Å². The molecule has 0 aliphatic heterocycles. The van der Waals surface area contributed by atoms with E-state index in [-0.39, 0.29) is 6.54 Å². The topological polar surface area (TPSA) is 92.3 Å². The van der Waals surface area contributed by atoms with E-state index in [1.807, 2.05) is 18.4 Å². The maximum Gasteiger partial charge on any atom is 0.303 e. The van der Waals surface area contributed by atoms with Gasteiger partial charge < -0.3 is 9.29 Å². The van der Waals surface area contributed by atoms with Crippen molar-refractivity contribution < 1.29 is 27.1 Å². The monoisotopic (exact) mass is 408 g/mol. The Labute approximate surface area is 155 Å². The summed E-state index contributed by atoms with van der Waals surface area (Å²) in [6, 6.07) is 3.38. The molecule has 2 aromatic rings. The van der Waals surface area contributed by atoms with Crippen LogP contribution in [0.3, 0.4) is 0 Å². The van der Waals surface area contributed by atoms with Crippen LogP contribution in [0.1, 0.15) is 19.7 Å². The Balaban J connectivity index is 2.56. The fraction of sp³-hybridized carbons (Fsp3) is 0.467. The summed E-state index contributed by atoms with van der Waals surface area (Å²) in [5, 5.41) is 0.740. The number of fused-ring (bicyclic) bond motifs is 1. The number of aryl methyl sites for hydroxylation is 1. The van der Waals surface area contributed by atoms with Gasteiger partial charge in [0.15, 0.2) is 17.1 Å². The van der Waals surface area contributed by atoms with Crippen LogP contribution in [0.25, 0.3) is 11.0 Å². The molecule has 0 radical (unpaired) electrons. The Morgan fingerprint density at radius 1 is 1.36 bits per heavy atom. The quantitative estimate of drug-likeness (QED) is 0.414. The Morgan fingerprint density at radius 3 is 2.48 bits per heavy atom. The molecule has 1 unspecified atom stereocenters. The van der Waals surface area contributed by atoms with E-state index in [9.17, 15) is 17.8 Å². The van der Waals surface area contributed by atoms with E-state index >= 15 is 0 Å². The van der Waals surface area contributed by atoms with Gasteiger partial charge in [-0.05, 0) is 6.92 Å². The van der Waals surface area contributed by atoms with Gasteiger partial charge in [-0.25, -0.2) is 17.6 Å². The van der Waals surface area contributed by atoms with Gasteiger partial charge in [0, 0.05) is 26.0 Å². The first-order valence-electron chi connectivity index (χ1n) is 7.52. The van der Waals surface area contributed by atoms with Crippen molar-refractivity contribution in [1.29, 1.82) is 0 Å². The Morgan fingerprint density at radius 2 is 1.96 bits per heavy atom. The molecule has 138 valence electrons. The van der Waals surface area contributed by atoms with Crippen molar-refractivity contribution in [3.63, 3.8) is 0 Å². The summed E-state index contributed by atoms with van der Waals surface area (Å²) in [5.41, 5.74) is 1.51. The SMILES string of the molecule is CCn1c(C)[n+](CC(CS(=O)(=O)[O-])OC(C)=O)c2cc(Cl)c(Cl)cc21. The summed E-state index contributed by atoms with van der Waals surface area (Å²) in [5.74, 6) is -0.678. The highest BCUT2D eigenvalue weighted by Crippen LogP contribution is 2.27. The predicted molar refractivity (Wildman–Crippen MR) is 92.7 cm³/mol. The third-order valence-corrected chi connectivity index (χ3v) is 5.31. The van der Waals surface area contributed by atoms with Crippen molar-refractivity contribution in [2.45, 2.75) is 40.0 Å². The minimum absolute atomic E-state index is 0.00828. The number of esters is 1. The zero-order valence-electron chi connectivity index (χ0n) is 14.0. The van der Waals surface area contributed by atoms with Gasteiger partial charge in [-0.15, -0.1) is 0 Å². The van der Waals surface area contributed by atoms with E-state index in [1.54, 1.807) is 16.7 Å². The standard InChI is InChI=1S/C15H18Cl2N2O5S/c1-4-18-9(2)19(15-6-13(17)12(16)5-14(15)18)7-11(24-10(3)20)8-25(21,22)23/h5-6,11H,4,7-8H2,1-3H3. The van der Waals surface area contributed by atoms with Crippen LogP contribution in [0.4, 0.5) is 0 Å². The van der Waals surface area contributed by atoms with Crippen LogP contribution in [-0.2, 0) is 32.7 Å². The molecule has 2 rings (SSSR count). The molecule has 1 aromatic carbocycles. The molecule has 0 fully saturated rings. The van der Waals surface area contributed by atoms with Gasteiger partial charge in [0.1, 0.15) is 6.54 Å². The second kappa shape index (κ2) is 7.49. The first kappa shape index (κ1) is 20.0. The third kappa shape index (κ3) is 4.63. The first-order valence-corrected chi connectivity index (χ1v) is 9.85. The molecule has 0 aliphatic rings. The van der Waals surface area contributed by atoms with Crippen LogP contribution in [0.15, 0.2) is 12.1 Å². The van der Waals surface area contributed by atoms with Gasteiger partial charge in [0.05, 0.1) is 32.5 Å². The van der Waals surface area contributed by atoms with Gasteiger partial charge >= 0.3 is 5.97 Å². The normalized spacial score (nSPS) is 13.2. The lowest BCUT2D eigenvalue weighted by atomic mass is 10.3. The molecule has 0 saturated carbocycles. The number of ether oxygens (including phenoxy) is 1. The molecular formula is C15H18Cl2N2O5S. The average Bonchev–Trinajstić information content (AvgIpc) is 2.69. The van der Waals surface area contributed by atoms with Crippen LogP contribution >= 0.6 is 23.2 Å². The molecule has 0 spiro atoms. The summed E-state index contributed by atoms with van der Waals surface area (Å²) in [6.45, 7) is 5.60. The molecule has 1 atom stereocenters. The highest BCUT2D eigenvalue weighted by Gasteiger charge is 2.27. The van der Waals surface area contributed by atoms with Gasteiger partial charge in [0.25, 0.3) is 5.82 Å². The average molecular weight is 409 g/mol. The second-order valence-electron chi connectivity index (χ2n) is 5.61. The van der Waals surface area contributed by atoms with Crippen molar-refractivity contribution in [2.75, 3.05) is 5.75 Å². The lowest BCUT2D eigenvalue weighted by molar-refractivity contribution is -0.684. The summed E-state index contributed by atoms with van der Waals surface area (Å²) in [4.78, 5) is 11.3. The molecule has 25 heavy (non-hydrogen) atoms. The number of imidazole rings is 1. The van der Waals surface area contributed by atoms with Crippen LogP contribution in [0.2, 0.25) is 10.0 Å². The number of nitrogens with zero attached hydrogens (tertiary/aromatic N) is 2. The summed E-state index contributed by atoms with van der Waals surface area (Å²) < 4.78 is 42.1. The van der Waals surface area contributed by atoms with E-state index in [0.29, 0.717) is 22.1 Å². The van der Waals surface area contributed by atoms with E-state index in [0.717, 1.165) is 18.3 Å². The van der Waals surface area contributed by atoms with E-state index in [1.165, 1.54) is 0 Å². The van der Waals surface area contributed by atoms with Crippen LogP contribution in [0, 0.1) is 6.92 Å². The smallest absolute Gasteiger partial charge is 0.303 e. The largest absolute Gasteiger partial charge is 0.748 e. The van der Waals surface area contributed by atoms with E-state index < -0.39 is 27.9 Å².